The summed E-state index contributed by atoms with van der Waals surface area (Å²) in [4.78, 5) is 30.5. The van der Waals surface area contributed by atoms with Crippen molar-refractivity contribution in [1.29, 1.82) is 0 Å². The Balaban J connectivity index is 2.00. The smallest absolute Gasteiger partial charge is 0.306 e. The van der Waals surface area contributed by atoms with E-state index < -0.39 is 0 Å². The summed E-state index contributed by atoms with van der Waals surface area (Å²) in [7, 11) is 1.86. The van der Waals surface area contributed by atoms with E-state index >= 15 is 0 Å². The van der Waals surface area contributed by atoms with Crippen molar-refractivity contribution in [2.24, 2.45) is 0 Å². The number of fused-ring (bicyclic) bond motifs is 1. The van der Waals surface area contributed by atoms with Gasteiger partial charge in [-0.15, -0.1) is 0 Å². The van der Waals surface area contributed by atoms with E-state index in [9.17, 15) is 9.59 Å². The van der Waals surface area contributed by atoms with Crippen molar-refractivity contribution >= 4 is 17.8 Å². The van der Waals surface area contributed by atoms with E-state index in [4.69, 9.17) is 4.74 Å². The second-order valence-electron chi connectivity index (χ2n) is 6.69. The number of carbonyl (C=O) groups is 2. The number of hydrogen-bond acceptors (Lipinski definition) is 6. The Morgan fingerprint density at radius 3 is 2.68 bits per heavy atom. The van der Waals surface area contributed by atoms with Crippen LogP contribution >= 0.6 is 0 Å². The van der Waals surface area contributed by atoms with E-state index in [0.29, 0.717) is 17.9 Å². The van der Waals surface area contributed by atoms with Crippen LogP contribution < -0.4 is 10.2 Å². The molecule has 1 aliphatic rings. The summed E-state index contributed by atoms with van der Waals surface area (Å²) in [6.07, 6.45) is 2.17. The van der Waals surface area contributed by atoms with Gasteiger partial charge in [-0.1, -0.05) is 0 Å². The summed E-state index contributed by atoms with van der Waals surface area (Å²) in [5, 5.41) is 7.18. The second-order valence-corrected chi connectivity index (χ2v) is 6.69. The van der Waals surface area contributed by atoms with E-state index in [0.717, 1.165) is 5.70 Å². The van der Waals surface area contributed by atoms with Crippen molar-refractivity contribution in [1.82, 2.24) is 20.1 Å². The standard InChI is InChI=1S/C17H27N5O3/c1-10(2)25-14(23)8-7-11(3)20-16(24)15-12(4)21(6)17-18-9-19-22(17)13(15)5/h9-11,13H,7-8H2,1-6H3,(H,20,24). The Morgan fingerprint density at radius 1 is 1.36 bits per heavy atom. The van der Waals surface area contributed by atoms with Gasteiger partial charge in [0.25, 0.3) is 5.91 Å². The van der Waals surface area contributed by atoms with Gasteiger partial charge >= 0.3 is 5.97 Å². The predicted octanol–water partition coefficient (Wildman–Crippen LogP) is 1.80. The number of hydrogen-bond donors (Lipinski definition) is 1. The number of nitrogens with one attached hydrogen (secondary N) is 1. The average molecular weight is 349 g/mol. The summed E-state index contributed by atoms with van der Waals surface area (Å²) >= 11 is 0. The molecule has 1 aromatic heterocycles. The van der Waals surface area contributed by atoms with E-state index in [-0.39, 0.29) is 36.5 Å². The zero-order valence-electron chi connectivity index (χ0n) is 15.7. The molecule has 8 heteroatoms. The van der Waals surface area contributed by atoms with Crippen molar-refractivity contribution in [3.8, 4) is 0 Å². The van der Waals surface area contributed by atoms with E-state index in [1.54, 1.807) is 4.68 Å². The summed E-state index contributed by atoms with van der Waals surface area (Å²) in [6, 6.07) is -0.339. The molecule has 0 saturated heterocycles. The van der Waals surface area contributed by atoms with Crippen LogP contribution in [-0.4, -0.2) is 45.8 Å². The molecule has 2 atom stereocenters. The van der Waals surface area contributed by atoms with Crippen molar-refractivity contribution < 1.29 is 14.3 Å². The van der Waals surface area contributed by atoms with Crippen LogP contribution in [0.1, 0.15) is 53.5 Å². The minimum atomic E-state index is -0.246. The van der Waals surface area contributed by atoms with Gasteiger partial charge < -0.3 is 15.0 Å². The van der Waals surface area contributed by atoms with Gasteiger partial charge in [0.2, 0.25) is 5.95 Å². The SMILES string of the molecule is CC1=C(C(=O)NC(C)CCC(=O)OC(C)C)C(C)n2ncnc2N1C. The molecule has 1 aromatic rings. The van der Waals surface area contributed by atoms with Gasteiger partial charge in [0.15, 0.2) is 0 Å². The zero-order chi connectivity index (χ0) is 18.7. The van der Waals surface area contributed by atoms with Crippen LogP contribution in [0.3, 0.4) is 0 Å². The largest absolute Gasteiger partial charge is 0.463 e. The quantitative estimate of drug-likeness (QED) is 0.788. The van der Waals surface area contributed by atoms with Crippen molar-refractivity contribution in [2.45, 2.75) is 65.6 Å². The van der Waals surface area contributed by atoms with Crippen LogP contribution in [0, 0.1) is 0 Å². The lowest BCUT2D eigenvalue weighted by Crippen LogP contribution is -2.40. The van der Waals surface area contributed by atoms with Gasteiger partial charge in [-0.3, -0.25) is 9.59 Å². The third-order valence-corrected chi connectivity index (χ3v) is 4.30. The average Bonchev–Trinajstić information content (AvgIpc) is 3.00. The fraction of sp³-hybridized carbons (Fsp3) is 0.647. The molecule has 0 saturated carbocycles. The normalized spacial score (nSPS) is 18.2. The van der Waals surface area contributed by atoms with Crippen molar-refractivity contribution in [2.75, 3.05) is 11.9 Å². The number of anilines is 1. The summed E-state index contributed by atoms with van der Waals surface area (Å²) in [5.41, 5.74) is 1.49. The number of carbonyl (C=O) groups excluding carboxylic acids is 2. The van der Waals surface area contributed by atoms with E-state index in [2.05, 4.69) is 15.4 Å². The van der Waals surface area contributed by atoms with Crippen LogP contribution in [0.4, 0.5) is 5.95 Å². The first-order chi connectivity index (χ1) is 11.7. The fourth-order valence-electron chi connectivity index (χ4n) is 2.90. The molecule has 0 spiro atoms. The monoisotopic (exact) mass is 349 g/mol. The van der Waals surface area contributed by atoms with Gasteiger partial charge in [0.05, 0.1) is 17.7 Å². The van der Waals surface area contributed by atoms with Crippen molar-refractivity contribution in [3.63, 3.8) is 0 Å². The van der Waals surface area contributed by atoms with Gasteiger partial charge in [-0.05, 0) is 41.0 Å². The first-order valence-electron chi connectivity index (χ1n) is 8.56. The minimum Gasteiger partial charge on any atom is -0.463 e. The molecule has 2 heterocycles. The summed E-state index contributed by atoms with van der Waals surface area (Å²) in [5.74, 6) is 0.318. The van der Waals surface area contributed by atoms with Crippen LogP contribution in [0.15, 0.2) is 17.6 Å². The maximum atomic E-state index is 12.8. The predicted molar refractivity (Wildman–Crippen MR) is 93.9 cm³/mol. The lowest BCUT2D eigenvalue weighted by atomic mass is 10.0. The van der Waals surface area contributed by atoms with E-state index in [1.807, 2.05) is 46.6 Å². The fourth-order valence-corrected chi connectivity index (χ4v) is 2.90. The molecule has 2 rings (SSSR count). The molecule has 0 bridgehead atoms. The molecule has 1 N–H and O–H groups in total. The Bertz CT molecular complexity index is 680. The number of allylic oxidation sites excluding steroid dienone is 1. The summed E-state index contributed by atoms with van der Waals surface area (Å²) < 4.78 is 6.84. The second kappa shape index (κ2) is 7.67. The number of ether oxygens (including phenoxy) is 1. The number of nitrogens with zero attached hydrogens (tertiary/aromatic N) is 4. The van der Waals surface area contributed by atoms with Crippen molar-refractivity contribution in [3.05, 3.63) is 17.6 Å². The van der Waals surface area contributed by atoms with Crippen LogP contribution in [0.2, 0.25) is 0 Å². The number of esters is 1. The highest BCUT2D eigenvalue weighted by molar-refractivity contribution is 5.96. The van der Waals surface area contributed by atoms with Gasteiger partial charge in [0.1, 0.15) is 6.33 Å². The van der Waals surface area contributed by atoms with E-state index in [1.165, 1.54) is 6.33 Å². The molecule has 138 valence electrons. The highest BCUT2D eigenvalue weighted by Gasteiger charge is 2.32. The lowest BCUT2D eigenvalue weighted by molar-refractivity contribution is -0.147. The van der Waals surface area contributed by atoms with Crippen LogP contribution in [0.5, 0.6) is 0 Å². The first-order valence-corrected chi connectivity index (χ1v) is 8.56. The Hall–Kier alpha value is -2.38. The number of amides is 1. The molecule has 0 aliphatic carbocycles. The Labute approximate surface area is 148 Å². The third kappa shape index (κ3) is 4.18. The Kier molecular flexibility index (Phi) is 5.81. The molecular formula is C17H27N5O3. The maximum Gasteiger partial charge on any atom is 0.306 e. The van der Waals surface area contributed by atoms with Gasteiger partial charge in [0, 0.05) is 25.2 Å². The lowest BCUT2D eigenvalue weighted by Gasteiger charge is -2.32. The molecular weight excluding hydrogens is 322 g/mol. The molecule has 0 fully saturated rings. The third-order valence-electron chi connectivity index (χ3n) is 4.30. The molecule has 1 aliphatic heterocycles. The number of rotatable bonds is 6. The topological polar surface area (TPSA) is 89.3 Å². The highest BCUT2D eigenvalue weighted by Crippen LogP contribution is 2.32. The molecule has 1 amide bonds. The molecule has 0 aromatic carbocycles. The number of aromatic nitrogens is 3. The van der Waals surface area contributed by atoms with Gasteiger partial charge in [-0.2, -0.15) is 10.1 Å². The van der Waals surface area contributed by atoms with Gasteiger partial charge in [-0.25, -0.2) is 4.68 Å². The molecule has 25 heavy (non-hydrogen) atoms. The minimum absolute atomic E-state index is 0.124. The van der Waals surface area contributed by atoms with Crippen LogP contribution in [0.25, 0.3) is 0 Å². The Morgan fingerprint density at radius 2 is 2.04 bits per heavy atom. The molecule has 2 unspecified atom stereocenters. The maximum absolute atomic E-state index is 12.8. The molecule has 8 nitrogen and oxygen atoms in total. The highest BCUT2D eigenvalue weighted by atomic mass is 16.5. The molecule has 0 radical (unpaired) electrons. The zero-order valence-corrected chi connectivity index (χ0v) is 15.7. The summed E-state index contributed by atoms with van der Waals surface area (Å²) in [6.45, 7) is 9.34. The first kappa shape index (κ1) is 19.0. The van der Waals surface area contributed by atoms with Crippen LogP contribution in [-0.2, 0) is 14.3 Å².